The predicted molar refractivity (Wildman–Crippen MR) is 67.3 cm³/mol. The van der Waals surface area contributed by atoms with Crippen LogP contribution in [0.15, 0.2) is 40.1 Å². The second-order valence-corrected chi connectivity index (χ2v) is 4.22. The van der Waals surface area contributed by atoms with Crippen LogP contribution < -0.4 is 16.8 Å². The predicted octanol–water partition coefficient (Wildman–Crippen LogP) is 0.735. The molecule has 2 aromatic rings. The van der Waals surface area contributed by atoms with Crippen molar-refractivity contribution in [3.8, 4) is 0 Å². The lowest BCUT2D eigenvalue weighted by molar-refractivity contribution is 0.730. The van der Waals surface area contributed by atoms with Crippen LogP contribution in [0.25, 0.3) is 0 Å². The molecule has 2 aromatic heterocycles. The fourth-order valence-corrected chi connectivity index (χ4v) is 1.73. The van der Waals surface area contributed by atoms with Crippen molar-refractivity contribution >= 4 is 21.7 Å². The molecule has 2 rings (SSSR count). The number of hydrazine groups is 1. The second-order valence-electron chi connectivity index (χ2n) is 3.37. The summed E-state index contributed by atoms with van der Waals surface area (Å²) in [4.78, 5) is 19.7. The van der Waals surface area contributed by atoms with E-state index in [1.165, 1.54) is 17.1 Å². The molecule has 0 fully saturated rings. The molecule has 7 heteroatoms. The highest BCUT2D eigenvalue weighted by Gasteiger charge is 2.02. The van der Waals surface area contributed by atoms with Gasteiger partial charge in [-0.2, -0.15) is 0 Å². The molecule has 0 radical (unpaired) electrons. The fourth-order valence-electron chi connectivity index (χ4n) is 1.38. The topological polar surface area (TPSA) is 85.8 Å². The third-order valence-corrected chi connectivity index (χ3v) is 2.73. The van der Waals surface area contributed by atoms with E-state index in [-0.39, 0.29) is 5.56 Å². The van der Waals surface area contributed by atoms with Crippen molar-refractivity contribution in [2.45, 2.75) is 6.54 Å². The minimum atomic E-state index is -0.126. The number of anilines is 1. The van der Waals surface area contributed by atoms with E-state index < -0.39 is 0 Å². The zero-order valence-corrected chi connectivity index (χ0v) is 10.4. The molecule has 0 amide bonds. The van der Waals surface area contributed by atoms with E-state index in [1.54, 1.807) is 12.3 Å². The van der Waals surface area contributed by atoms with Gasteiger partial charge in [-0.15, -0.1) is 0 Å². The van der Waals surface area contributed by atoms with Gasteiger partial charge in [-0.05, 0) is 33.6 Å². The summed E-state index contributed by atoms with van der Waals surface area (Å²) in [6.45, 7) is 0.419. The van der Waals surface area contributed by atoms with Crippen molar-refractivity contribution in [2.24, 2.45) is 5.84 Å². The van der Waals surface area contributed by atoms with Crippen molar-refractivity contribution in [3.63, 3.8) is 0 Å². The first kappa shape index (κ1) is 11.7. The Hall–Kier alpha value is -1.73. The van der Waals surface area contributed by atoms with E-state index in [9.17, 15) is 4.79 Å². The number of aromatic nitrogens is 3. The molecule has 0 saturated carbocycles. The van der Waals surface area contributed by atoms with Crippen LogP contribution in [0.1, 0.15) is 5.56 Å². The molecule has 17 heavy (non-hydrogen) atoms. The summed E-state index contributed by atoms with van der Waals surface area (Å²) in [7, 11) is 0. The minimum Gasteiger partial charge on any atom is -0.308 e. The number of rotatable bonds is 3. The van der Waals surface area contributed by atoms with Gasteiger partial charge in [-0.3, -0.25) is 9.36 Å². The molecule has 0 saturated heterocycles. The Labute approximate surface area is 106 Å². The molecule has 88 valence electrons. The molecule has 0 spiro atoms. The lowest BCUT2D eigenvalue weighted by Gasteiger charge is -2.06. The van der Waals surface area contributed by atoms with Gasteiger partial charge in [0.1, 0.15) is 10.3 Å². The molecule has 0 unspecified atom stereocenters. The minimum absolute atomic E-state index is 0.126. The molecule has 0 aromatic carbocycles. The van der Waals surface area contributed by atoms with Crippen molar-refractivity contribution in [1.29, 1.82) is 0 Å². The number of nitrogens with zero attached hydrogens (tertiary/aromatic N) is 3. The monoisotopic (exact) mass is 295 g/mol. The standard InChI is InChI=1S/C10H10BrN5O/c11-8-4-13-6-16(10(8)17)5-7-1-2-14-9(3-7)15-12/h1-4,6H,5,12H2,(H,14,15). The normalized spacial score (nSPS) is 10.2. The summed E-state index contributed by atoms with van der Waals surface area (Å²) in [6, 6.07) is 3.58. The van der Waals surface area contributed by atoms with Crippen LogP contribution in [0.3, 0.4) is 0 Å². The first-order chi connectivity index (χ1) is 8.20. The number of nitrogens with two attached hydrogens (primary N) is 1. The highest BCUT2D eigenvalue weighted by molar-refractivity contribution is 9.10. The van der Waals surface area contributed by atoms with E-state index in [0.29, 0.717) is 16.8 Å². The number of pyridine rings is 1. The van der Waals surface area contributed by atoms with E-state index in [4.69, 9.17) is 5.84 Å². The molecule has 0 aliphatic rings. The Morgan fingerprint density at radius 2 is 2.35 bits per heavy atom. The van der Waals surface area contributed by atoms with Crippen LogP contribution in [0.5, 0.6) is 0 Å². The molecule has 0 aliphatic carbocycles. The Balaban J connectivity index is 2.31. The van der Waals surface area contributed by atoms with Crippen molar-refractivity contribution < 1.29 is 0 Å². The van der Waals surface area contributed by atoms with Crippen molar-refractivity contribution in [1.82, 2.24) is 14.5 Å². The SMILES string of the molecule is NNc1cc(Cn2cncc(Br)c2=O)ccn1. The van der Waals surface area contributed by atoms with Gasteiger partial charge in [-0.1, -0.05) is 0 Å². The van der Waals surface area contributed by atoms with Crippen LogP contribution in [0.2, 0.25) is 0 Å². The van der Waals surface area contributed by atoms with Gasteiger partial charge in [0.05, 0.1) is 12.9 Å². The molecule has 2 heterocycles. The average Bonchev–Trinajstić information content (AvgIpc) is 2.35. The zero-order valence-electron chi connectivity index (χ0n) is 8.80. The van der Waals surface area contributed by atoms with Gasteiger partial charge < -0.3 is 5.43 Å². The first-order valence-electron chi connectivity index (χ1n) is 4.82. The molecular weight excluding hydrogens is 286 g/mol. The second kappa shape index (κ2) is 5.07. The van der Waals surface area contributed by atoms with Crippen LogP contribution in [0.4, 0.5) is 5.82 Å². The largest absolute Gasteiger partial charge is 0.308 e. The Morgan fingerprint density at radius 1 is 1.53 bits per heavy atom. The molecule has 0 atom stereocenters. The van der Waals surface area contributed by atoms with Gasteiger partial charge in [0.25, 0.3) is 5.56 Å². The summed E-state index contributed by atoms with van der Waals surface area (Å²) in [5.41, 5.74) is 3.24. The molecule has 6 nitrogen and oxygen atoms in total. The van der Waals surface area contributed by atoms with Crippen LogP contribution in [-0.2, 0) is 6.54 Å². The summed E-state index contributed by atoms with van der Waals surface area (Å²) in [6.07, 6.45) is 4.59. The number of hydrogen-bond acceptors (Lipinski definition) is 5. The van der Waals surface area contributed by atoms with Crippen LogP contribution in [-0.4, -0.2) is 14.5 Å². The molecule has 0 aliphatic heterocycles. The maximum atomic E-state index is 11.7. The van der Waals surface area contributed by atoms with Gasteiger partial charge in [0, 0.05) is 12.4 Å². The first-order valence-corrected chi connectivity index (χ1v) is 5.61. The number of halogens is 1. The Morgan fingerprint density at radius 3 is 3.12 bits per heavy atom. The number of nitrogens with one attached hydrogen (secondary N) is 1. The number of nitrogen functional groups attached to an aromatic ring is 1. The maximum absolute atomic E-state index is 11.7. The molecule has 0 bridgehead atoms. The third kappa shape index (κ3) is 2.69. The Bertz CT molecular complexity index is 583. The molecular formula is C10H10BrN5O. The quantitative estimate of drug-likeness (QED) is 0.644. The van der Waals surface area contributed by atoms with Gasteiger partial charge in [0.15, 0.2) is 0 Å². The Kier molecular flexibility index (Phi) is 3.50. The van der Waals surface area contributed by atoms with E-state index in [1.807, 2.05) is 6.07 Å². The average molecular weight is 296 g/mol. The van der Waals surface area contributed by atoms with Crippen LogP contribution >= 0.6 is 15.9 Å². The fraction of sp³-hybridized carbons (Fsp3) is 0.100. The summed E-state index contributed by atoms with van der Waals surface area (Å²) < 4.78 is 1.94. The maximum Gasteiger partial charge on any atom is 0.267 e. The lowest BCUT2D eigenvalue weighted by Crippen LogP contribution is -2.21. The van der Waals surface area contributed by atoms with Crippen molar-refractivity contribution in [3.05, 3.63) is 51.2 Å². The highest BCUT2D eigenvalue weighted by atomic mass is 79.9. The summed E-state index contributed by atoms with van der Waals surface area (Å²) in [5.74, 6) is 5.82. The lowest BCUT2D eigenvalue weighted by atomic mass is 10.2. The zero-order chi connectivity index (χ0) is 12.3. The number of hydrogen-bond donors (Lipinski definition) is 2. The van der Waals surface area contributed by atoms with Crippen molar-refractivity contribution in [2.75, 3.05) is 5.43 Å². The summed E-state index contributed by atoms with van der Waals surface area (Å²) in [5, 5.41) is 0. The van der Waals surface area contributed by atoms with Gasteiger partial charge in [0.2, 0.25) is 0 Å². The summed E-state index contributed by atoms with van der Waals surface area (Å²) >= 11 is 3.15. The van der Waals surface area contributed by atoms with E-state index in [2.05, 4.69) is 31.3 Å². The third-order valence-electron chi connectivity index (χ3n) is 2.18. The van der Waals surface area contributed by atoms with Gasteiger partial charge in [-0.25, -0.2) is 15.8 Å². The highest BCUT2D eigenvalue weighted by Crippen LogP contribution is 2.07. The molecule has 3 N–H and O–H groups in total. The van der Waals surface area contributed by atoms with Crippen LogP contribution in [0, 0.1) is 0 Å². The van der Waals surface area contributed by atoms with E-state index in [0.717, 1.165) is 5.56 Å². The van der Waals surface area contributed by atoms with Gasteiger partial charge >= 0.3 is 0 Å². The van der Waals surface area contributed by atoms with E-state index >= 15 is 0 Å². The smallest absolute Gasteiger partial charge is 0.267 e.